The lowest BCUT2D eigenvalue weighted by Crippen LogP contribution is -2.04. The molecule has 8 heteroatoms. The van der Waals surface area contributed by atoms with E-state index in [0.717, 1.165) is 22.5 Å². The van der Waals surface area contributed by atoms with Crippen molar-refractivity contribution >= 4 is 23.6 Å². The quantitative estimate of drug-likeness (QED) is 0.387. The van der Waals surface area contributed by atoms with Crippen molar-refractivity contribution in [1.82, 2.24) is 19.9 Å². The summed E-state index contributed by atoms with van der Waals surface area (Å²) in [6, 6.07) is 7.66. The number of rotatable bonds is 8. The molecule has 3 rings (SSSR count). The molecule has 0 fully saturated rings. The highest BCUT2D eigenvalue weighted by atomic mass is 35.5. The van der Waals surface area contributed by atoms with Gasteiger partial charge in [-0.3, -0.25) is 4.68 Å². The van der Waals surface area contributed by atoms with Crippen molar-refractivity contribution in [3.63, 3.8) is 0 Å². The number of esters is 1. The zero-order chi connectivity index (χ0) is 21.7. The van der Waals surface area contributed by atoms with Gasteiger partial charge in [0.05, 0.1) is 12.2 Å². The third-order valence-corrected chi connectivity index (χ3v) is 4.91. The molecule has 3 aromatic rings. The Morgan fingerprint density at radius 1 is 1.30 bits per heavy atom. The predicted octanol–water partition coefficient (Wildman–Crippen LogP) is 4.54. The molecule has 0 radical (unpaired) electrons. The minimum absolute atomic E-state index is 0.0575. The molecule has 158 valence electrons. The number of benzene rings is 1. The van der Waals surface area contributed by atoms with Crippen LogP contribution in [0.1, 0.15) is 48.1 Å². The standard InChI is InChI=1S/C22H25ClN4O3/c1-14(2)11-20-24-21(30-26-20)13-29-22(28)10-9-18-15(3)25-27(16(18)4)12-17-7-5-6-8-19(17)23/h5-10,14H,11-13H2,1-4H3/b10-9+. The van der Waals surface area contributed by atoms with Crippen molar-refractivity contribution in [1.29, 1.82) is 0 Å². The lowest BCUT2D eigenvalue weighted by molar-refractivity contribution is -0.139. The number of carbonyl (C=O) groups excluding carboxylic acids is 1. The molecule has 0 bridgehead atoms. The molecule has 0 aliphatic rings. The Kier molecular flexibility index (Phi) is 7.05. The zero-order valence-electron chi connectivity index (χ0n) is 17.6. The van der Waals surface area contributed by atoms with Gasteiger partial charge in [0.15, 0.2) is 12.4 Å². The van der Waals surface area contributed by atoms with E-state index in [1.165, 1.54) is 6.08 Å². The van der Waals surface area contributed by atoms with Crippen LogP contribution in [-0.2, 0) is 29.1 Å². The number of aromatic nitrogens is 4. The van der Waals surface area contributed by atoms with Crippen LogP contribution in [0.2, 0.25) is 5.02 Å². The van der Waals surface area contributed by atoms with Gasteiger partial charge in [-0.2, -0.15) is 10.1 Å². The van der Waals surface area contributed by atoms with Gasteiger partial charge in [0.25, 0.3) is 5.89 Å². The predicted molar refractivity (Wildman–Crippen MR) is 114 cm³/mol. The van der Waals surface area contributed by atoms with Crippen molar-refractivity contribution in [2.45, 2.75) is 47.3 Å². The van der Waals surface area contributed by atoms with Crippen molar-refractivity contribution < 1.29 is 14.1 Å². The highest BCUT2D eigenvalue weighted by molar-refractivity contribution is 6.31. The Hall–Kier alpha value is -2.93. The molecule has 2 heterocycles. The fourth-order valence-corrected chi connectivity index (χ4v) is 3.22. The van der Waals surface area contributed by atoms with Gasteiger partial charge in [-0.1, -0.05) is 48.8 Å². The largest absolute Gasteiger partial charge is 0.452 e. The third kappa shape index (κ3) is 5.57. The van der Waals surface area contributed by atoms with Crippen molar-refractivity contribution in [2.75, 3.05) is 0 Å². The minimum Gasteiger partial charge on any atom is -0.452 e. The van der Waals surface area contributed by atoms with Crippen LogP contribution in [0.3, 0.4) is 0 Å². The van der Waals surface area contributed by atoms with Gasteiger partial charge >= 0.3 is 5.97 Å². The molecular weight excluding hydrogens is 404 g/mol. The maximum atomic E-state index is 12.1. The maximum Gasteiger partial charge on any atom is 0.331 e. The molecule has 0 spiro atoms. The van der Waals surface area contributed by atoms with Crippen LogP contribution in [0.15, 0.2) is 34.9 Å². The van der Waals surface area contributed by atoms with Gasteiger partial charge in [0, 0.05) is 28.8 Å². The summed E-state index contributed by atoms with van der Waals surface area (Å²) in [5.74, 6) is 0.832. The number of nitrogens with zero attached hydrogens (tertiary/aromatic N) is 4. The highest BCUT2D eigenvalue weighted by Gasteiger charge is 2.12. The van der Waals surface area contributed by atoms with Crippen LogP contribution in [0, 0.1) is 19.8 Å². The molecule has 0 N–H and O–H groups in total. The van der Waals surface area contributed by atoms with Crippen LogP contribution >= 0.6 is 11.6 Å². The van der Waals surface area contributed by atoms with Crippen molar-refractivity contribution in [2.24, 2.45) is 5.92 Å². The molecule has 30 heavy (non-hydrogen) atoms. The number of carbonyl (C=O) groups is 1. The van der Waals surface area contributed by atoms with Crippen LogP contribution < -0.4 is 0 Å². The van der Waals surface area contributed by atoms with Crippen LogP contribution in [0.4, 0.5) is 0 Å². The highest BCUT2D eigenvalue weighted by Crippen LogP contribution is 2.20. The van der Waals surface area contributed by atoms with Crippen LogP contribution in [-0.4, -0.2) is 25.9 Å². The first kappa shape index (κ1) is 21.8. The summed E-state index contributed by atoms with van der Waals surface area (Å²) in [5.41, 5.74) is 3.61. The van der Waals surface area contributed by atoms with E-state index >= 15 is 0 Å². The van der Waals surface area contributed by atoms with E-state index in [0.29, 0.717) is 29.7 Å². The van der Waals surface area contributed by atoms with E-state index in [1.807, 2.05) is 42.8 Å². The second kappa shape index (κ2) is 9.71. The number of ether oxygens (including phenoxy) is 1. The summed E-state index contributed by atoms with van der Waals surface area (Å²) in [4.78, 5) is 16.3. The monoisotopic (exact) mass is 428 g/mol. The topological polar surface area (TPSA) is 83.0 Å². The molecule has 0 saturated heterocycles. The number of halogens is 1. The molecule has 0 aliphatic heterocycles. The third-order valence-electron chi connectivity index (χ3n) is 4.54. The van der Waals surface area contributed by atoms with Crippen molar-refractivity contribution in [3.8, 4) is 0 Å². The van der Waals surface area contributed by atoms with Gasteiger partial charge in [0.1, 0.15) is 0 Å². The molecule has 2 aromatic heterocycles. The lowest BCUT2D eigenvalue weighted by Gasteiger charge is -2.06. The first-order valence-corrected chi connectivity index (χ1v) is 10.1. The Morgan fingerprint density at radius 3 is 2.80 bits per heavy atom. The average molecular weight is 429 g/mol. The first-order valence-electron chi connectivity index (χ1n) is 9.77. The fraction of sp³-hybridized carbons (Fsp3) is 0.364. The SMILES string of the molecule is Cc1nn(Cc2ccccc2Cl)c(C)c1/C=C/C(=O)OCc1nc(CC(C)C)no1. The van der Waals surface area contributed by atoms with Crippen LogP contribution in [0.25, 0.3) is 6.08 Å². The van der Waals surface area contributed by atoms with Gasteiger partial charge in [-0.05, 0) is 37.5 Å². The summed E-state index contributed by atoms with van der Waals surface area (Å²) in [5, 5.41) is 9.14. The Labute approximate surface area is 180 Å². The number of aryl methyl sites for hydroxylation is 1. The Bertz CT molecular complexity index is 1050. The van der Waals surface area contributed by atoms with E-state index < -0.39 is 5.97 Å². The van der Waals surface area contributed by atoms with Gasteiger partial charge < -0.3 is 9.26 Å². The van der Waals surface area contributed by atoms with E-state index in [1.54, 1.807) is 6.08 Å². The zero-order valence-corrected chi connectivity index (χ0v) is 18.3. The normalized spacial score (nSPS) is 11.5. The fourth-order valence-electron chi connectivity index (χ4n) is 3.02. The molecule has 7 nitrogen and oxygen atoms in total. The first-order chi connectivity index (χ1) is 14.3. The van der Waals surface area contributed by atoms with Gasteiger partial charge in [-0.25, -0.2) is 4.79 Å². The maximum absolute atomic E-state index is 12.1. The smallest absolute Gasteiger partial charge is 0.331 e. The Morgan fingerprint density at radius 2 is 2.07 bits per heavy atom. The molecule has 0 aliphatic carbocycles. The van der Waals surface area contributed by atoms with E-state index in [2.05, 4.69) is 29.1 Å². The van der Waals surface area contributed by atoms with E-state index in [9.17, 15) is 4.79 Å². The van der Waals surface area contributed by atoms with Crippen molar-refractivity contribution in [3.05, 3.63) is 69.6 Å². The number of hydrogen-bond donors (Lipinski definition) is 0. The lowest BCUT2D eigenvalue weighted by atomic mass is 10.1. The molecule has 0 unspecified atom stereocenters. The summed E-state index contributed by atoms with van der Waals surface area (Å²) >= 11 is 6.25. The molecule has 1 aromatic carbocycles. The number of hydrogen-bond acceptors (Lipinski definition) is 6. The Balaban J connectivity index is 1.61. The summed E-state index contributed by atoms with van der Waals surface area (Å²) in [7, 11) is 0. The molecule has 0 atom stereocenters. The second-order valence-electron chi connectivity index (χ2n) is 7.48. The van der Waals surface area contributed by atoms with E-state index in [-0.39, 0.29) is 12.5 Å². The summed E-state index contributed by atoms with van der Waals surface area (Å²) < 4.78 is 12.2. The summed E-state index contributed by atoms with van der Waals surface area (Å²) in [6.45, 7) is 8.49. The molecule has 0 amide bonds. The average Bonchev–Trinajstić information content (AvgIpc) is 3.24. The molecular formula is C22H25ClN4O3. The molecule has 0 saturated carbocycles. The van der Waals surface area contributed by atoms with E-state index in [4.69, 9.17) is 20.9 Å². The summed E-state index contributed by atoms with van der Waals surface area (Å²) in [6.07, 6.45) is 3.80. The van der Waals surface area contributed by atoms with Gasteiger partial charge in [0.2, 0.25) is 0 Å². The van der Waals surface area contributed by atoms with Crippen LogP contribution in [0.5, 0.6) is 0 Å². The second-order valence-corrected chi connectivity index (χ2v) is 7.88. The minimum atomic E-state index is -0.490. The van der Waals surface area contributed by atoms with Gasteiger partial charge in [-0.15, -0.1) is 0 Å².